The van der Waals surface area contributed by atoms with Crippen LogP contribution < -0.4 is 11.1 Å². The third-order valence-electron chi connectivity index (χ3n) is 4.77. The second-order valence-corrected chi connectivity index (χ2v) is 8.22. The van der Waals surface area contributed by atoms with Crippen molar-refractivity contribution >= 4 is 33.1 Å². The number of urea groups is 1. The number of sulfonamides is 1. The zero-order chi connectivity index (χ0) is 18.6. The van der Waals surface area contributed by atoms with E-state index in [0.717, 1.165) is 4.90 Å². The number of carbonyl (C=O) groups is 2. The van der Waals surface area contributed by atoms with Crippen LogP contribution >= 0.6 is 0 Å². The van der Waals surface area contributed by atoms with Crippen LogP contribution in [0.2, 0.25) is 0 Å². The number of rotatable bonds is 3. The normalized spacial score (nSPS) is 21.7. The van der Waals surface area contributed by atoms with Gasteiger partial charge in [0.2, 0.25) is 15.9 Å². The fraction of sp³-hybridized carbons (Fsp3) is 0.400. The van der Waals surface area contributed by atoms with Crippen molar-refractivity contribution in [2.45, 2.75) is 17.4 Å². The lowest BCUT2D eigenvalue weighted by Gasteiger charge is -2.21. The van der Waals surface area contributed by atoms with Gasteiger partial charge in [0.25, 0.3) is 0 Å². The minimum Gasteiger partial charge on any atom is -0.408 e. The molecule has 2 saturated heterocycles. The van der Waals surface area contributed by atoms with Crippen LogP contribution in [0.5, 0.6) is 0 Å². The average Bonchev–Trinajstić information content (AvgIpc) is 3.27. The number of oxazole rings is 1. The Balaban J connectivity index is 1.63. The fourth-order valence-corrected chi connectivity index (χ4v) is 4.87. The summed E-state index contributed by atoms with van der Waals surface area (Å²) in [4.78, 5) is 36.3. The summed E-state index contributed by atoms with van der Waals surface area (Å²) < 4.78 is 33.3. The summed E-state index contributed by atoms with van der Waals surface area (Å²) >= 11 is 0. The Morgan fingerprint density at radius 3 is 2.69 bits per heavy atom. The van der Waals surface area contributed by atoms with E-state index >= 15 is 0 Å². The van der Waals surface area contributed by atoms with Gasteiger partial charge >= 0.3 is 11.8 Å². The van der Waals surface area contributed by atoms with Crippen LogP contribution in [0.1, 0.15) is 6.42 Å². The maximum absolute atomic E-state index is 12.9. The second kappa shape index (κ2) is 5.68. The molecule has 3 heterocycles. The molecular formula is C15H16N4O6S. The van der Waals surface area contributed by atoms with Crippen molar-refractivity contribution in [3.05, 3.63) is 28.7 Å². The van der Waals surface area contributed by atoms with Gasteiger partial charge in [0, 0.05) is 20.1 Å². The SMILES string of the molecule is Cn1c(=O)oc2ccc(S(=O)(=O)N3CCC(N4C(=O)CNC4=O)C3)cc21. The molecule has 26 heavy (non-hydrogen) atoms. The lowest BCUT2D eigenvalue weighted by Crippen LogP contribution is -2.42. The summed E-state index contributed by atoms with van der Waals surface area (Å²) in [5.41, 5.74) is 0.677. The van der Waals surface area contributed by atoms with Gasteiger partial charge in [-0.1, -0.05) is 0 Å². The van der Waals surface area contributed by atoms with Crippen molar-refractivity contribution in [2.75, 3.05) is 19.6 Å². The Hall–Kier alpha value is -2.66. The molecule has 0 bridgehead atoms. The highest BCUT2D eigenvalue weighted by Gasteiger charge is 2.41. The van der Waals surface area contributed by atoms with E-state index in [4.69, 9.17) is 4.42 Å². The maximum atomic E-state index is 12.9. The third-order valence-corrected chi connectivity index (χ3v) is 6.63. The molecule has 0 aliphatic carbocycles. The number of amides is 3. The number of aromatic nitrogens is 1. The van der Waals surface area contributed by atoms with Crippen LogP contribution in [-0.4, -0.2) is 59.8 Å². The molecule has 2 aromatic rings. The van der Waals surface area contributed by atoms with Crippen LogP contribution in [0, 0.1) is 0 Å². The van der Waals surface area contributed by atoms with Gasteiger partial charge in [0.15, 0.2) is 5.58 Å². The standard InChI is InChI=1S/C15H16N4O6S/c1-17-11-6-10(2-3-12(11)25-15(17)22)26(23,24)18-5-4-9(8-18)19-13(20)7-16-14(19)21/h2-3,6,9H,4-5,7-8H2,1H3,(H,16,21). The van der Waals surface area contributed by atoms with Crippen LogP contribution in [0.25, 0.3) is 11.1 Å². The molecule has 2 fully saturated rings. The Morgan fingerprint density at radius 2 is 2.00 bits per heavy atom. The number of carbonyl (C=O) groups excluding carboxylic acids is 2. The predicted molar refractivity (Wildman–Crippen MR) is 88.9 cm³/mol. The van der Waals surface area contributed by atoms with Gasteiger partial charge in [-0.2, -0.15) is 4.31 Å². The minimum atomic E-state index is -3.83. The zero-order valence-electron chi connectivity index (χ0n) is 13.8. The highest BCUT2D eigenvalue weighted by atomic mass is 32.2. The van der Waals surface area contributed by atoms with E-state index in [2.05, 4.69) is 5.32 Å². The first-order valence-corrected chi connectivity index (χ1v) is 9.42. The van der Waals surface area contributed by atoms with Crippen molar-refractivity contribution in [2.24, 2.45) is 7.05 Å². The average molecular weight is 380 g/mol. The van der Waals surface area contributed by atoms with Crippen LogP contribution in [0.4, 0.5) is 4.79 Å². The number of fused-ring (bicyclic) bond motifs is 1. The highest BCUT2D eigenvalue weighted by Crippen LogP contribution is 2.26. The molecule has 1 atom stereocenters. The van der Waals surface area contributed by atoms with Crippen LogP contribution in [0.3, 0.4) is 0 Å². The molecule has 2 aliphatic rings. The number of hydrogen-bond acceptors (Lipinski definition) is 6. The Labute approximate surface area is 148 Å². The molecule has 4 rings (SSSR count). The Bertz CT molecular complexity index is 1070. The van der Waals surface area contributed by atoms with Gasteiger partial charge in [-0.25, -0.2) is 18.0 Å². The molecule has 0 radical (unpaired) electrons. The van der Waals surface area contributed by atoms with E-state index in [1.54, 1.807) is 0 Å². The molecule has 0 saturated carbocycles. The minimum absolute atomic E-state index is 0.0271. The largest absolute Gasteiger partial charge is 0.419 e. The number of nitrogens with zero attached hydrogens (tertiary/aromatic N) is 3. The van der Waals surface area contributed by atoms with Crippen LogP contribution in [-0.2, 0) is 21.9 Å². The molecular weight excluding hydrogens is 364 g/mol. The van der Waals surface area contributed by atoms with Crippen LogP contribution in [0.15, 0.2) is 32.3 Å². The molecule has 0 spiro atoms. The van der Waals surface area contributed by atoms with Crippen molar-refractivity contribution in [1.82, 2.24) is 19.1 Å². The molecule has 11 heteroatoms. The summed E-state index contributed by atoms with van der Waals surface area (Å²) in [5.74, 6) is -0.927. The number of imide groups is 1. The van der Waals surface area contributed by atoms with Crippen molar-refractivity contribution in [3.8, 4) is 0 Å². The molecule has 138 valence electrons. The first-order chi connectivity index (χ1) is 12.3. The van der Waals surface area contributed by atoms with E-state index in [9.17, 15) is 22.8 Å². The van der Waals surface area contributed by atoms with E-state index in [0.29, 0.717) is 17.5 Å². The number of nitrogens with one attached hydrogen (secondary N) is 1. The van der Waals surface area contributed by atoms with Crippen molar-refractivity contribution in [3.63, 3.8) is 0 Å². The second-order valence-electron chi connectivity index (χ2n) is 6.28. The van der Waals surface area contributed by atoms with E-state index in [1.807, 2.05) is 0 Å². The lowest BCUT2D eigenvalue weighted by atomic mass is 10.2. The quantitative estimate of drug-likeness (QED) is 0.713. The van der Waals surface area contributed by atoms with Gasteiger partial charge in [0.05, 0.1) is 23.0 Å². The number of aryl methyl sites for hydroxylation is 1. The molecule has 2 aliphatic heterocycles. The molecule has 10 nitrogen and oxygen atoms in total. The smallest absolute Gasteiger partial charge is 0.408 e. The highest BCUT2D eigenvalue weighted by molar-refractivity contribution is 7.89. The van der Waals surface area contributed by atoms with E-state index < -0.39 is 27.9 Å². The van der Waals surface area contributed by atoms with E-state index in [-0.39, 0.29) is 30.4 Å². The monoisotopic (exact) mass is 380 g/mol. The number of benzene rings is 1. The van der Waals surface area contributed by atoms with Gasteiger partial charge in [-0.3, -0.25) is 14.3 Å². The van der Waals surface area contributed by atoms with E-state index in [1.165, 1.54) is 34.1 Å². The Morgan fingerprint density at radius 1 is 1.23 bits per heavy atom. The summed E-state index contributed by atoms with van der Waals surface area (Å²) in [6.45, 7) is 0.184. The molecule has 1 aromatic carbocycles. The molecule has 1 aromatic heterocycles. The Kier molecular flexibility index (Phi) is 3.66. The topological polar surface area (TPSA) is 122 Å². The van der Waals surface area contributed by atoms with Gasteiger partial charge < -0.3 is 9.73 Å². The molecule has 1 unspecified atom stereocenters. The summed E-state index contributed by atoms with van der Waals surface area (Å²) in [7, 11) is -2.33. The first-order valence-electron chi connectivity index (χ1n) is 7.98. The number of hydrogen-bond donors (Lipinski definition) is 1. The van der Waals surface area contributed by atoms with Crippen molar-refractivity contribution in [1.29, 1.82) is 0 Å². The van der Waals surface area contributed by atoms with Gasteiger partial charge in [-0.15, -0.1) is 0 Å². The third kappa shape index (κ3) is 2.42. The summed E-state index contributed by atoms with van der Waals surface area (Å²) in [5, 5.41) is 2.44. The lowest BCUT2D eigenvalue weighted by molar-refractivity contribution is -0.126. The first kappa shape index (κ1) is 16.8. The summed E-state index contributed by atoms with van der Waals surface area (Å²) in [6, 6.07) is 3.23. The maximum Gasteiger partial charge on any atom is 0.419 e. The predicted octanol–water partition coefficient (Wildman–Crippen LogP) is -0.554. The van der Waals surface area contributed by atoms with Crippen molar-refractivity contribution < 1.29 is 22.4 Å². The molecule has 1 N–H and O–H groups in total. The fourth-order valence-electron chi connectivity index (χ4n) is 3.36. The van der Waals surface area contributed by atoms with Gasteiger partial charge in [0.1, 0.15) is 0 Å². The zero-order valence-corrected chi connectivity index (χ0v) is 14.7. The van der Waals surface area contributed by atoms with Gasteiger partial charge in [-0.05, 0) is 24.6 Å². The summed E-state index contributed by atoms with van der Waals surface area (Å²) in [6.07, 6.45) is 0.380. The molecule has 3 amide bonds.